The van der Waals surface area contributed by atoms with E-state index in [1.54, 1.807) is 20.8 Å². The lowest BCUT2D eigenvalue weighted by atomic mass is 9.74. The van der Waals surface area contributed by atoms with Gasteiger partial charge in [-0.15, -0.1) is 0 Å². The molecule has 41 heavy (non-hydrogen) atoms. The van der Waals surface area contributed by atoms with Gasteiger partial charge in [-0.3, -0.25) is 4.79 Å². The van der Waals surface area contributed by atoms with E-state index in [0.717, 1.165) is 5.56 Å². The average molecular weight is 581 g/mol. The van der Waals surface area contributed by atoms with Crippen LogP contribution in [0.1, 0.15) is 46.1 Å². The van der Waals surface area contributed by atoms with Gasteiger partial charge in [0.15, 0.2) is 5.79 Å². The van der Waals surface area contributed by atoms with Crippen molar-refractivity contribution >= 4 is 23.9 Å². The predicted molar refractivity (Wildman–Crippen MR) is 138 cm³/mol. The van der Waals surface area contributed by atoms with Crippen molar-refractivity contribution in [2.75, 3.05) is 0 Å². The average Bonchev–Trinajstić information content (AvgIpc) is 3.08. The summed E-state index contributed by atoms with van der Waals surface area (Å²) >= 11 is 0. The first-order valence-corrected chi connectivity index (χ1v) is 12.9. The van der Waals surface area contributed by atoms with Crippen molar-refractivity contribution in [3.8, 4) is 0 Å². The van der Waals surface area contributed by atoms with Gasteiger partial charge >= 0.3 is 23.9 Å². The molecule has 1 aromatic carbocycles. The van der Waals surface area contributed by atoms with Crippen LogP contribution in [-0.4, -0.2) is 95.9 Å². The molecule has 226 valence electrons. The Kier molecular flexibility index (Phi) is 8.74. The summed E-state index contributed by atoms with van der Waals surface area (Å²) in [6.45, 7) is 10.8. The number of aliphatic hydroxyl groups excluding tert-OH is 2. The van der Waals surface area contributed by atoms with Gasteiger partial charge in [0.25, 0.3) is 0 Å². The Morgan fingerprint density at radius 1 is 1.02 bits per heavy atom. The summed E-state index contributed by atoms with van der Waals surface area (Å²) in [6, 6.07) is 9.33. The zero-order valence-electron chi connectivity index (χ0n) is 23.1. The Bertz CT molecular complexity index is 1210. The number of esters is 1. The molecule has 2 heterocycles. The molecule has 2 aliphatic heterocycles. The summed E-state index contributed by atoms with van der Waals surface area (Å²) in [6.07, 6.45) is -8.84. The second kappa shape index (κ2) is 11.1. The van der Waals surface area contributed by atoms with E-state index in [9.17, 15) is 49.8 Å². The van der Waals surface area contributed by atoms with Crippen molar-refractivity contribution in [2.45, 2.75) is 88.4 Å². The molecule has 0 unspecified atom stereocenters. The summed E-state index contributed by atoms with van der Waals surface area (Å²) in [5.41, 5.74) is -6.98. The van der Waals surface area contributed by atoms with Crippen molar-refractivity contribution in [2.24, 2.45) is 11.3 Å². The molecule has 6 N–H and O–H groups in total. The highest BCUT2D eigenvalue weighted by atomic mass is 16.8. The smallest absolute Gasteiger partial charge is 0.343 e. The first-order valence-electron chi connectivity index (χ1n) is 12.9. The van der Waals surface area contributed by atoms with E-state index in [-0.39, 0.29) is 17.9 Å². The molecule has 0 saturated carbocycles. The Morgan fingerprint density at radius 2 is 1.61 bits per heavy atom. The Hall–Kier alpha value is -3.36. The minimum atomic E-state index is -3.82. The molecule has 8 atom stereocenters. The molecule has 13 nitrogen and oxygen atoms in total. The monoisotopic (exact) mass is 580 g/mol. The molecular weight excluding hydrogens is 544 g/mol. The van der Waals surface area contributed by atoms with Gasteiger partial charge in [-0.2, -0.15) is 0 Å². The van der Waals surface area contributed by atoms with E-state index < -0.39 is 77.1 Å². The van der Waals surface area contributed by atoms with E-state index in [0.29, 0.717) is 6.42 Å². The van der Waals surface area contributed by atoms with Crippen molar-refractivity contribution in [3.63, 3.8) is 0 Å². The van der Waals surface area contributed by atoms with Gasteiger partial charge < -0.3 is 44.8 Å². The zero-order valence-corrected chi connectivity index (χ0v) is 23.1. The fourth-order valence-corrected chi connectivity index (χ4v) is 5.29. The van der Waals surface area contributed by atoms with Crippen LogP contribution >= 0.6 is 0 Å². The summed E-state index contributed by atoms with van der Waals surface area (Å²) in [4.78, 5) is 49.2. The van der Waals surface area contributed by atoms with E-state index >= 15 is 0 Å². The lowest BCUT2D eigenvalue weighted by Crippen LogP contribution is -2.77. The van der Waals surface area contributed by atoms with Gasteiger partial charge in [-0.1, -0.05) is 43.8 Å². The standard InChI is InChI=1S/C28H36O13/c1-14(17(39-24(37)25(3,4)5)15(2)13-16-9-7-6-8-10-16)11-12-26-18(29)19(30)28(41-26,23(35)36)27(38,22(33)34)20(40-26)21(31)32/h6-10,15,17-20,29-30,38H,1,11-13H2,2-5H3,(H,31,32)(H,33,34)(H,35,36)/t15-,17-,18-,19-,20-,26+,27-,28+/m1/s1. The van der Waals surface area contributed by atoms with E-state index in [1.807, 2.05) is 37.3 Å². The number of aliphatic carboxylic acids is 3. The second-order valence-electron chi connectivity index (χ2n) is 11.7. The van der Waals surface area contributed by atoms with Gasteiger partial charge in [0.1, 0.15) is 18.3 Å². The van der Waals surface area contributed by atoms with E-state index in [2.05, 4.69) is 6.58 Å². The summed E-state index contributed by atoms with van der Waals surface area (Å²) in [5, 5.41) is 61.8. The van der Waals surface area contributed by atoms with Crippen LogP contribution in [0.3, 0.4) is 0 Å². The number of hydrogen-bond acceptors (Lipinski definition) is 10. The molecular formula is C28H36O13. The van der Waals surface area contributed by atoms with Crippen LogP contribution in [-0.2, 0) is 39.8 Å². The van der Waals surface area contributed by atoms with Crippen molar-refractivity contribution in [3.05, 3.63) is 48.0 Å². The maximum Gasteiger partial charge on any atom is 0.343 e. The lowest BCUT2D eigenvalue weighted by Gasteiger charge is -2.48. The van der Waals surface area contributed by atoms with Crippen LogP contribution in [0.4, 0.5) is 0 Å². The quantitative estimate of drug-likeness (QED) is 0.157. The normalized spacial score (nSPS) is 32.5. The number of carboxylic acids is 3. The molecule has 2 fully saturated rings. The summed E-state index contributed by atoms with van der Waals surface area (Å²) in [5.74, 6) is -10.1. The second-order valence-corrected chi connectivity index (χ2v) is 11.7. The van der Waals surface area contributed by atoms with Crippen LogP contribution < -0.4 is 0 Å². The minimum absolute atomic E-state index is 0.210. The number of hydrogen-bond donors (Lipinski definition) is 6. The molecule has 0 aliphatic carbocycles. The predicted octanol–water partition coefficient (Wildman–Crippen LogP) is 0.730. The molecule has 2 bridgehead atoms. The summed E-state index contributed by atoms with van der Waals surface area (Å²) < 4.78 is 16.5. The van der Waals surface area contributed by atoms with Gasteiger partial charge in [0.2, 0.25) is 17.3 Å². The first kappa shape index (κ1) is 32.2. The van der Waals surface area contributed by atoms with Crippen LogP contribution in [0.5, 0.6) is 0 Å². The van der Waals surface area contributed by atoms with Gasteiger partial charge in [-0.05, 0) is 44.7 Å². The third kappa shape index (κ3) is 5.35. The third-order valence-electron chi connectivity index (χ3n) is 7.59. The fourth-order valence-electron chi connectivity index (χ4n) is 5.29. The number of carbonyl (C=O) groups is 4. The molecule has 1 aromatic rings. The first-order chi connectivity index (χ1) is 18.8. The van der Waals surface area contributed by atoms with Gasteiger partial charge in [-0.25, -0.2) is 14.4 Å². The molecule has 0 aromatic heterocycles. The number of benzene rings is 1. The molecule has 2 aliphatic rings. The molecule has 13 heteroatoms. The van der Waals surface area contributed by atoms with Crippen LogP contribution in [0, 0.1) is 11.3 Å². The third-order valence-corrected chi connectivity index (χ3v) is 7.59. The Balaban J connectivity index is 1.96. The molecule has 3 rings (SSSR count). The fraction of sp³-hybridized carbons (Fsp3) is 0.571. The number of carboxylic acid groups (broad SMARTS) is 3. The molecule has 0 spiro atoms. The maximum atomic E-state index is 12.8. The largest absolute Gasteiger partial charge is 0.479 e. The lowest BCUT2D eigenvalue weighted by molar-refractivity contribution is -0.374. The number of fused-ring (bicyclic) bond motifs is 2. The van der Waals surface area contributed by atoms with E-state index in [1.165, 1.54) is 0 Å². The van der Waals surface area contributed by atoms with E-state index in [4.69, 9.17) is 14.2 Å². The van der Waals surface area contributed by atoms with Crippen molar-refractivity contribution in [1.29, 1.82) is 0 Å². The van der Waals surface area contributed by atoms with Crippen LogP contribution in [0.2, 0.25) is 0 Å². The Morgan fingerprint density at radius 3 is 2.10 bits per heavy atom. The number of aliphatic hydroxyl groups is 3. The van der Waals surface area contributed by atoms with Gasteiger partial charge in [0, 0.05) is 12.3 Å². The minimum Gasteiger partial charge on any atom is -0.479 e. The number of carbonyl (C=O) groups excluding carboxylic acids is 1. The molecule has 2 saturated heterocycles. The molecule has 0 radical (unpaired) electrons. The summed E-state index contributed by atoms with van der Waals surface area (Å²) in [7, 11) is 0. The zero-order chi connectivity index (χ0) is 31.1. The number of ether oxygens (including phenoxy) is 3. The highest BCUT2D eigenvalue weighted by Gasteiger charge is 2.84. The Labute approximate surface area is 236 Å². The molecule has 0 amide bonds. The number of rotatable bonds is 11. The maximum absolute atomic E-state index is 12.8. The van der Waals surface area contributed by atoms with Crippen LogP contribution in [0.25, 0.3) is 0 Å². The highest BCUT2D eigenvalue weighted by molar-refractivity contribution is 5.97. The SMILES string of the molecule is C=C(CC[C@]12O[C@H](C(=O)O)[C@@](O)(C(=O)O)[C@](C(=O)O)(O1)[C@H](O)[C@H]2O)[C@@H](OC(=O)C(C)(C)C)[C@H](C)Cc1ccccc1. The van der Waals surface area contributed by atoms with Crippen molar-refractivity contribution in [1.82, 2.24) is 0 Å². The van der Waals surface area contributed by atoms with Crippen molar-refractivity contribution < 1.29 is 64.0 Å². The van der Waals surface area contributed by atoms with Gasteiger partial charge in [0.05, 0.1) is 5.41 Å². The van der Waals surface area contributed by atoms with Crippen LogP contribution in [0.15, 0.2) is 42.5 Å². The highest BCUT2D eigenvalue weighted by Crippen LogP contribution is 2.54. The topological polar surface area (TPSA) is 217 Å².